The van der Waals surface area contributed by atoms with Crippen LogP contribution in [0.1, 0.15) is 54.5 Å². The zero-order valence-electron chi connectivity index (χ0n) is 20.2. The van der Waals surface area contributed by atoms with Crippen LogP contribution in [0.2, 0.25) is 10.0 Å². The maximum Gasteiger partial charge on any atom is 0.260 e. The van der Waals surface area contributed by atoms with Crippen LogP contribution in [-0.2, 0) is 9.63 Å². The van der Waals surface area contributed by atoms with Crippen LogP contribution in [0.3, 0.4) is 0 Å². The van der Waals surface area contributed by atoms with Crippen molar-refractivity contribution in [3.63, 3.8) is 0 Å². The van der Waals surface area contributed by atoms with E-state index < -0.39 is 0 Å². The standard InChI is InChI=1S/C26H26Cl2N4O4S/c1-2-34-21-7-4-10-29-25(21)35-14-23(33)32-11-8-16(9-12-32)26-30-20(15-37-26)19-13-22(36-31-19)24-17(27)5-3-6-18(24)28/h3-7,10,15-16,22H,2,8-9,11-14H2,1H3. The third-order valence-electron chi connectivity index (χ3n) is 6.37. The van der Waals surface area contributed by atoms with Crippen LogP contribution in [0.4, 0.5) is 0 Å². The molecule has 2 aliphatic heterocycles. The molecule has 1 fully saturated rings. The molecule has 3 aromatic rings. The van der Waals surface area contributed by atoms with Crippen molar-refractivity contribution in [2.45, 2.75) is 38.2 Å². The molecule has 1 amide bonds. The van der Waals surface area contributed by atoms with Gasteiger partial charge in [-0.15, -0.1) is 11.3 Å². The summed E-state index contributed by atoms with van der Waals surface area (Å²) in [5.41, 5.74) is 2.35. The average molecular weight is 561 g/mol. The second kappa shape index (κ2) is 11.7. The first-order valence-corrected chi connectivity index (χ1v) is 13.8. The molecule has 1 atom stereocenters. The molecule has 1 saturated heterocycles. The molecule has 1 unspecified atom stereocenters. The monoisotopic (exact) mass is 560 g/mol. The first-order valence-electron chi connectivity index (χ1n) is 12.1. The Balaban J connectivity index is 1.13. The fourth-order valence-corrected chi connectivity index (χ4v) is 6.10. The number of hydrogen-bond acceptors (Lipinski definition) is 8. The quantitative estimate of drug-likeness (QED) is 0.341. The normalized spacial score (nSPS) is 17.9. The first kappa shape index (κ1) is 25.8. The van der Waals surface area contributed by atoms with E-state index in [9.17, 15) is 4.79 Å². The fourth-order valence-electron chi connectivity index (χ4n) is 4.46. The summed E-state index contributed by atoms with van der Waals surface area (Å²) in [6, 6.07) is 8.95. The van der Waals surface area contributed by atoms with E-state index in [1.807, 2.05) is 23.3 Å². The number of amides is 1. The van der Waals surface area contributed by atoms with Crippen LogP contribution in [0.5, 0.6) is 11.6 Å². The van der Waals surface area contributed by atoms with Gasteiger partial charge in [-0.2, -0.15) is 0 Å². The molecule has 0 saturated carbocycles. The number of halogens is 2. The van der Waals surface area contributed by atoms with Gasteiger partial charge in [-0.1, -0.05) is 34.4 Å². The fraction of sp³-hybridized carbons (Fsp3) is 0.385. The van der Waals surface area contributed by atoms with Crippen molar-refractivity contribution in [2.75, 3.05) is 26.3 Å². The van der Waals surface area contributed by atoms with Gasteiger partial charge in [-0.3, -0.25) is 4.79 Å². The second-order valence-electron chi connectivity index (χ2n) is 8.73. The minimum absolute atomic E-state index is 0.0619. The summed E-state index contributed by atoms with van der Waals surface area (Å²) in [6.07, 6.45) is 3.53. The molecule has 0 N–H and O–H groups in total. The Morgan fingerprint density at radius 3 is 2.70 bits per heavy atom. The van der Waals surface area contributed by atoms with E-state index in [1.165, 1.54) is 0 Å². The molecular weight excluding hydrogens is 535 g/mol. The van der Waals surface area contributed by atoms with Crippen LogP contribution < -0.4 is 9.47 Å². The number of hydrogen-bond donors (Lipinski definition) is 0. The van der Waals surface area contributed by atoms with Crippen molar-refractivity contribution in [1.82, 2.24) is 14.9 Å². The number of aromatic nitrogens is 2. The summed E-state index contributed by atoms with van der Waals surface area (Å²) in [7, 11) is 0. The lowest BCUT2D eigenvalue weighted by atomic mass is 9.97. The SMILES string of the molecule is CCOc1cccnc1OCC(=O)N1CCC(c2nc(C3=NOC(c4c(Cl)cccc4Cl)C3)cs2)CC1. The molecule has 0 radical (unpaired) electrons. The molecule has 2 aromatic heterocycles. The lowest BCUT2D eigenvalue weighted by Gasteiger charge is -2.31. The maximum atomic E-state index is 12.7. The summed E-state index contributed by atoms with van der Waals surface area (Å²) < 4.78 is 11.2. The molecule has 37 heavy (non-hydrogen) atoms. The van der Waals surface area contributed by atoms with Crippen LogP contribution in [0.25, 0.3) is 0 Å². The van der Waals surface area contributed by atoms with Gasteiger partial charge < -0.3 is 19.2 Å². The summed E-state index contributed by atoms with van der Waals surface area (Å²) in [5.74, 6) is 1.10. The number of nitrogens with zero attached hydrogens (tertiary/aromatic N) is 4. The summed E-state index contributed by atoms with van der Waals surface area (Å²) in [6.45, 7) is 3.62. The highest BCUT2D eigenvalue weighted by Gasteiger charge is 2.30. The van der Waals surface area contributed by atoms with E-state index in [0.29, 0.717) is 53.7 Å². The predicted molar refractivity (Wildman–Crippen MR) is 143 cm³/mol. The molecule has 11 heteroatoms. The lowest BCUT2D eigenvalue weighted by Crippen LogP contribution is -2.40. The van der Waals surface area contributed by atoms with Gasteiger partial charge in [0.1, 0.15) is 5.71 Å². The first-order chi connectivity index (χ1) is 18.0. The molecule has 2 aliphatic rings. The van der Waals surface area contributed by atoms with Crippen molar-refractivity contribution in [3.8, 4) is 11.6 Å². The number of pyridine rings is 1. The molecule has 1 aromatic carbocycles. The summed E-state index contributed by atoms with van der Waals surface area (Å²) >= 11 is 14.3. The van der Waals surface area contributed by atoms with Gasteiger partial charge in [-0.05, 0) is 44.0 Å². The second-order valence-corrected chi connectivity index (χ2v) is 10.4. The number of thiazole rings is 1. The van der Waals surface area contributed by atoms with E-state index in [1.54, 1.807) is 41.8 Å². The van der Waals surface area contributed by atoms with Crippen LogP contribution in [0, 0.1) is 0 Å². The molecule has 0 bridgehead atoms. The van der Waals surface area contributed by atoms with Crippen LogP contribution in [0.15, 0.2) is 47.1 Å². The number of carbonyl (C=O) groups is 1. The van der Waals surface area contributed by atoms with E-state index in [2.05, 4.69) is 10.1 Å². The number of carbonyl (C=O) groups excluding carboxylic acids is 1. The minimum Gasteiger partial charge on any atom is -0.488 e. The Kier molecular flexibility index (Phi) is 8.12. The molecule has 0 aliphatic carbocycles. The van der Waals surface area contributed by atoms with Gasteiger partial charge in [0.25, 0.3) is 11.8 Å². The third-order valence-corrected chi connectivity index (χ3v) is 8.04. The maximum absolute atomic E-state index is 12.7. The van der Waals surface area contributed by atoms with Crippen LogP contribution >= 0.6 is 34.5 Å². The highest BCUT2D eigenvalue weighted by molar-refractivity contribution is 7.10. The lowest BCUT2D eigenvalue weighted by molar-refractivity contribution is -0.134. The highest BCUT2D eigenvalue weighted by Crippen LogP contribution is 2.39. The molecule has 194 valence electrons. The molecule has 8 nitrogen and oxygen atoms in total. The van der Waals surface area contributed by atoms with Gasteiger partial charge >= 0.3 is 0 Å². The summed E-state index contributed by atoms with van der Waals surface area (Å²) in [4.78, 5) is 29.2. The Labute approximate surface area is 229 Å². The zero-order chi connectivity index (χ0) is 25.8. The van der Waals surface area contributed by atoms with Gasteiger partial charge in [0.2, 0.25) is 0 Å². The predicted octanol–water partition coefficient (Wildman–Crippen LogP) is 5.89. The Morgan fingerprint density at radius 2 is 1.95 bits per heavy atom. The van der Waals surface area contributed by atoms with E-state index in [4.69, 9.17) is 42.5 Å². The number of likely N-dealkylation sites (tertiary alicyclic amines) is 1. The molecule has 4 heterocycles. The highest BCUT2D eigenvalue weighted by atomic mass is 35.5. The third kappa shape index (κ3) is 5.84. The van der Waals surface area contributed by atoms with Gasteiger partial charge in [0.05, 0.1) is 17.3 Å². The minimum atomic E-state index is -0.325. The van der Waals surface area contributed by atoms with Crippen molar-refractivity contribution < 1.29 is 19.1 Å². The van der Waals surface area contributed by atoms with E-state index in [-0.39, 0.29) is 18.6 Å². The Bertz CT molecular complexity index is 1270. The molecular formula is C26H26Cl2N4O4S. The van der Waals surface area contributed by atoms with E-state index in [0.717, 1.165) is 34.8 Å². The van der Waals surface area contributed by atoms with Crippen molar-refractivity contribution in [1.29, 1.82) is 0 Å². The number of benzene rings is 1. The van der Waals surface area contributed by atoms with Crippen molar-refractivity contribution in [2.24, 2.45) is 5.16 Å². The number of oxime groups is 1. The Hall–Kier alpha value is -2.88. The average Bonchev–Trinajstić information content (AvgIpc) is 3.59. The van der Waals surface area contributed by atoms with Crippen molar-refractivity contribution >= 4 is 46.2 Å². The molecule has 0 spiro atoms. The smallest absolute Gasteiger partial charge is 0.260 e. The number of ether oxygens (including phenoxy) is 2. The van der Waals surface area contributed by atoms with Gasteiger partial charge in [0.15, 0.2) is 18.5 Å². The molecule has 5 rings (SSSR count). The van der Waals surface area contributed by atoms with Crippen LogP contribution in [-0.4, -0.2) is 52.8 Å². The van der Waals surface area contributed by atoms with Gasteiger partial charge in [-0.25, -0.2) is 9.97 Å². The number of piperidine rings is 1. The van der Waals surface area contributed by atoms with E-state index >= 15 is 0 Å². The zero-order valence-corrected chi connectivity index (χ0v) is 22.6. The topological polar surface area (TPSA) is 86.1 Å². The Morgan fingerprint density at radius 1 is 1.16 bits per heavy atom. The summed E-state index contributed by atoms with van der Waals surface area (Å²) in [5, 5.41) is 8.46. The van der Waals surface area contributed by atoms with Gasteiger partial charge in [0, 0.05) is 52.6 Å². The number of rotatable bonds is 8. The van der Waals surface area contributed by atoms with Crippen molar-refractivity contribution in [3.05, 3.63) is 68.2 Å². The largest absolute Gasteiger partial charge is 0.488 e.